The number of hydrogen-bond acceptors (Lipinski definition) is 3. The summed E-state index contributed by atoms with van der Waals surface area (Å²) < 4.78 is 5.24. The molecular weight excluding hydrogens is 198 g/mol. The summed E-state index contributed by atoms with van der Waals surface area (Å²) in [6.07, 6.45) is -0.309. The molecule has 0 aliphatic heterocycles. The number of nitrogens with zero attached hydrogens (tertiary/aromatic N) is 1. The molecule has 0 aromatic carbocycles. The van der Waals surface area contributed by atoms with Crippen LogP contribution < -0.4 is 0 Å². The molecule has 0 aliphatic rings. The molecule has 84 valence electrons. The lowest BCUT2D eigenvalue weighted by molar-refractivity contribution is 0.0146. The molecule has 0 rings (SSSR count). The SMILES string of the molecule is CN(C(=O)OC(C)(C)C)C(C)(C)CS. The quantitative estimate of drug-likeness (QED) is 0.723. The van der Waals surface area contributed by atoms with Crippen molar-refractivity contribution in [2.75, 3.05) is 12.8 Å². The van der Waals surface area contributed by atoms with Gasteiger partial charge in [-0.15, -0.1) is 0 Å². The summed E-state index contributed by atoms with van der Waals surface area (Å²) in [4.78, 5) is 13.2. The number of amides is 1. The summed E-state index contributed by atoms with van der Waals surface area (Å²) in [5, 5.41) is 0. The van der Waals surface area contributed by atoms with Crippen LogP contribution in [0.2, 0.25) is 0 Å². The maximum absolute atomic E-state index is 11.6. The fraction of sp³-hybridized carbons (Fsp3) is 0.900. The monoisotopic (exact) mass is 219 g/mol. The van der Waals surface area contributed by atoms with Crippen molar-refractivity contribution in [2.24, 2.45) is 0 Å². The van der Waals surface area contributed by atoms with Gasteiger partial charge in [0.05, 0.1) is 0 Å². The highest BCUT2D eigenvalue weighted by Crippen LogP contribution is 2.17. The van der Waals surface area contributed by atoms with Gasteiger partial charge < -0.3 is 9.64 Å². The second-order valence-corrected chi connectivity index (χ2v) is 5.33. The molecule has 4 heteroatoms. The molecule has 0 bridgehead atoms. The minimum absolute atomic E-state index is 0.286. The van der Waals surface area contributed by atoms with Gasteiger partial charge in [-0.1, -0.05) is 0 Å². The van der Waals surface area contributed by atoms with Crippen LogP contribution in [0.5, 0.6) is 0 Å². The van der Waals surface area contributed by atoms with Crippen molar-refractivity contribution in [3.63, 3.8) is 0 Å². The number of carbonyl (C=O) groups excluding carboxylic acids is 1. The van der Waals surface area contributed by atoms with Crippen LogP contribution in [-0.2, 0) is 4.74 Å². The van der Waals surface area contributed by atoms with E-state index in [1.165, 1.54) is 0 Å². The minimum Gasteiger partial charge on any atom is -0.444 e. The third kappa shape index (κ3) is 4.22. The molecule has 14 heavy (non-hydrogen) atoms. The van der Waals surface area contributed by atoms with Gasteiger partial charge >= 0.3 is 6.09 Å². The Morgan fingerprint density at radius 1 is 1.29 bits per heavy atom. The van der Waals surface area contributed by atoms with E-state index in [2.05, 4.69) is 12.6 Å². The fourth-order valence-electron chi connectivity index (χ4n) is 0.684. The van der Waals surface area contributed by atoms with E-state index in [1.54, 1.807) is 11.9 Å². The van der Waals surface area contributed by atoms with E-state index in [0.717, 1.165) is 0 Å². The molecular formula is C10H21NO2S. The molecule has 0 atom stereocenters. The van der Waals surface area contributed by atoms with Gasteiger partial charge in [0.1, 0.15) is 5.60 Å². The number of ether oxygens (including phenoxy) is 1. The molecule has 0 radical (unpaired) electrons. The van der Waals surface area contributed by atoms with Gasteiger partial charge in [0, 0.05) is 18.3 Å². The molecule has 3 nitrogen and oxygen atoms in total. The summed E-state index contributed by atoms with van der Waals surface area (Å²) in [5.74, 6) is 0.600. The second kappa shape index (κ2) is 4.43. The van der Waals surface area contributed by atoms with Crippen LogP contribution in [0.3, 0.4) is 0 Å². The van der Waals surface area contributed by atoms with E-state index in [0.29, 0.717) is 5.75 Å². The summed E-state index contributed by atoms with van der Waals surface area (Å²) in [7, 11) is 1.73. The topological polar surface area (TPSA) is 29.5 Å². The summed E-state index contributed by atoms with van der Waals surface area (Å²) in [6.45, 7) is 9.46. The molecule has 0 heterocycles. The normalized spacial score (nSPS) is 12.5. The van der Waals surface area contributed by atoms with E-state index in [1.807, 2.05) is 34.6 Å². The van der Waals surface area contributed by atoms with E-state index < -0.39 is 5.60 Å². The Morgan fingerprint density at radius 2 is 1.71 bits per heavy atom. The summed E-state index contributed by atoms with van der Waals surface area (Å²) in [6, 6.07) is 0. The zero-order valence-electron chi connectivity index (χ0n) is 9.92. The van der Waals surface area contributed by atoms with Crippen molar-refractivity contribution < 1.29 is 9.53 Å². The van der Waals surface area contributed by atoms with Crippen molar-refractivity contribution in [3.05, 3.63) is 0 Å². The highest BCUT2D eigenvalue weighted by Gasteiger charge is 2.29. The Labute approximate surface area is 92.2 Å². The third-order valence-corrected chi connectivity index (χ3v) is 2.74. The average Bonchev–Trinajstić information content (AvgIpc) is 2.00. The van der Waals surface area contributed by atoms with E-state index in [-0.39, 0.29) is 11.6 Å². The smallest absolute Gasteiger partial charge is 0.410 e. The van der Waals surface area contributed by atoms with Gasteiger partial charge in [0.25, 0.3) is 0 Å². The number of carbonyl (C=O) groups is 1. The van der Waals surface area contributed by atoms with E-state index in [9.17, 15) is 4.79 Å². The molecule has 0 aromatic heterocycles. The first kappa shape index (κ1) is 13.6. The maximum Gasteiger partial charge on any atom is 0.410 e. The fourth-order valence-corrected chi connectivity index (χ4v) is 0.896. The van der Waals surface area contributed by atoms with Crippen molar-refractivity contribution >= 4 is 18.7 Å². The molecule has 0 saturated heterocycles. The van der Waals surface area contributed by atoms with Gasteiger partial charge in [-0.3, -0.25) is 0 Å². The van der Waals surface area contributed by atoms with Crippen molar-refractivity contribution in [1.29, 1.82) is 0 Å². The van der Waals surface area contributed by atoms with Gasteiger partial charge in [-0.2, -0.15) is 12.6 Å². The standard InChI is InChI=1S/C10H21NO2S/c1-9(2,3)13-8(12)11(6)10(4,5)7-14/h14H,7H2,1-6H3. The van der Waals surface area contributed by atoms with Gasteiger partial charge in [-0.25, -0.2) is 4.79 Å². The maximum atomic E-state index is 11.6. The molecule has 1 amide bonds. The largest absolute Gasteiger partial charge is 0.444 e. The van der Waals surface area contributed by atoms with E-state index >= 15 is 0 Å². The Balaban J connectivity index is 4.41. The summed E-state index contributed by atoms with van der Waals surface area (Å²) >= 11 is 4.20. The van der Waals surface area contributed by atoms with E-state index in [4.69, 9.17) is 4.74 Å². The molecule has 0 aromatic rings. The number of rotatable bonds is 2. The van der Waals surface area contributed by atoms with Crippen LogP contribution in [0.1, 0.15) is 34.6 Å². The Kier molecular flexibility index (Phi) is 4.31. The zero-order valence-corrected chi connectivity index (χ0v) is 10.8. The van der Waals surface area contributed by atoms with Crippen molar-refractivity contribution in [3.8, 4) is 0 Å². The highest BCUT2D eigenvalue weighted by molar-refractivity contribution is 7.80. The first-order valence-electron chi connectivity index (χ1n) is 4.68. The molecule has 0 N–H and O–H groups in total. The lowest BCUT2D eigenvalue weighted by Crippen LogP contribution is -2.48. The van der Waals surface area contributed by atoms with Crippen molar-refractivity contribution in [2.45, 2.75) is 45.8 Å². The van der Waals surface area contributed by atoms with Gasteiger partial charge in [-0.05, 0) is 34.6 Å². The first-order valence-corrected chi connectivity index (χ1v) is 5.31. The second-order valence-electron chi connectivity index (χ2n) is 5.01. The van der Waals surface area contributed by atoms with Crippen LogP contribution in [-0.4, -0.2) is 34.9 Å². The molecule has 0 spiro atoms. The van der Waals surface area contributed by atoms with Crippen LogP contribution in [0, 0.1) is 0 Å². The molecule has 0 fully saturated rings. The Morgan fingerprint density at radius 3 is 2.00 bits per heavy atom. The van der Waals surface area contributed by atoms with Crippen LogP contribution in [0.25, 0.3) is 0 Å². The van der Waals surface area contributed by atoms with Crippen LogP contribution in [0.4, 0.5) is 4.79 Å². The van der Waals surface area contributed by atoms with Gasteiger partial charge in [0.2, 0.25) is 0 Å². The molecule has 0 unspecified atom stereocenters. The van der Waals surface area contributed by atoms with Crippen LogP contribution >= 0.6 is 12.6 Å². The average molecular weight is 219 g/mol. The zero-order chi connectivity index (χ0) is 11.6. The third-order valence-electron chi connectivity index (χ3n) is 1.96. The lowest BCUT2D eigenvalue weighted by Gasteiger charge is -2.35. The predicted octanol–water partition coefficient (Wildman–Crippen LogP) is 2.56. The number of thiol groups is 1. The minimum atomic E-state index is -0.446. The highest BCUT2D eigenvalue weighted by atomic mass is 32.1. The van der Waals surface area contributed by atoms with Crippen molar-refractivity contribution in [1.82, 2.24) is 4.90 Å². The predicted molar refractivity (Wildman–Crippen MR) is 61.9 cm³/mol. The van der Waals surface area contributed by atoms with Crippen LogP contribution in [0.15, 0.2) is 0 Å². The van der Waals surface area contributed by atoms with Gasteiger partial charge in [0.15, 0.2) is 0 Å². The summed E-state index contributed by atoms with van der Waals surface area (Å²) in [5.41, 5.74) is -0.733. The Hall–Kier alpha value is -0.380. The Bertz CT molecular complexity index is 209. The first-order chi connectivity index (χ1) is 6.10. The molecule has 0 saturated carbocycles. The molecule has 0 aliphatic carbocycles. The lowest BCUT2D eigenvalue weighted by atomic mass is 10.1. The number of hydrogen-bond donors (Lipinski definition) is 1.